The third-order valence-corrected chi connectivity index (χ3v) is 3.71. The first-order valence-corrected chi connectivity index (χ1v) is 6.37. The Morgan fingerprint density at radius 2 is 2.11 bits per heavy atom. The van der Waals surface area contributed by atoms with Crippen molar-refractivity contribution in [1.29, 1.82) is 0 Å². The van der Waals surface area contributed by atoms with Gasteiger partial charge in [0.25, 0.3) is 0 Å². The number of carboxylic acid groups (broad SMARTS) is 1. The summed E-state index contributed by atoms with van der Waals surface area (Å²) in [6.07, 6.45) is 1.31. The molecule has 1 heterocycles. The monoisotopic (exact) mass is 299 g/mol. The van der Waals surface area contributed by atoms with Crippen LogP contribution in [-0.2, 0) is 0 Å². The van der Waals surface area contributed by atoms with Crippen LogP contribution in [0.5, 0.6) is 11.5 Å². The van der Waals surface area contributed by atoms with Crippen LogP contribution in [0.3, 0.4) is 0 Å². The van der Waals surface area contributed by atoms with E-state index < -0.39 is 5.97 Å². The van der Waals surface area contributed by atoms with Crippen LogP contribution in [0.15, 0.2) is 18.3 Å². The number of thiazole rings is 1. The molecule has 0 aliphatic rings. The van der Waals surface area contributed by atoms with Gasteiger partial charge in [0.1, 0.15) is 9.88 Å². The molecule has 0 saturated carbocycles. The lowest BCUT2D eigenvalue weighted by atomic mass is 10.2. The van der Waals surface area contributed by atoms with E-state index in [-0.39, 0.29) is 4.88 Å². The minimum atomic E-state index is -1.00. The molecular formula is C12H10ClNO4S. The molecule has 1 aromatic heterocycles. The van der Waals surface area contributed by atoms with Gasteiger partial charge in [-0.3, -0.25) is 0 Å². The summed E-state index contributed by atoms with van der Waals surface area (Å²) in [6.45, 7) is 0. The fraction of sp³-hybridized carbons (Fsp3) is 0.167. The second-order valence-corrected chi connectivity index (χ2v) is 4.97. The number of rotatable bonds is 4. The molecule has 0 saturated heterocycles. The largest absolute Gasteiger partial charge is 0.493 e. The Kier molecular flexibility index (Phi) is 3.92. The van der Waals surface area contributed by atoms with E-state index in [1.165, 1.54) is 20.4 Å². The standard InChI is InChI=1S/C12H10ClNO4S/c1-17-8-4-6(3-7(13)10(8)18-2)11-14-5-9(19-11)12(15)16/h3-5H,1-2H3,(H,15,16). The molecule has 19 heavy (non-hydrogen) atoms. The SMILES string of the molecule is COc1cc(-c2ncc(C(=O)O)s2)cc(Cl)c1OC. The third kappa shape index (κ3) is 2.64. The van der Waals surface area contributed by atoms with Crippen LogP contribution < -0.4 is 9.47 Å². The first kappa shape index (κ1) is 13.6. The Bertz CT molecular complexity index is 626. The summed E-state index contributed by atoms with van der Waals surface area (Å²) in [5, 5.41) is 9.82. The number of hydrogen-bond acceptors (Lipinski definition) is 5. The molecule has 5 nitrogen and oxygen atoms in total. The molecule has 0 spiro atoms. The zero-order valence-corrected chi connectivity index (χ0v) is 11.7. The molecule has 0 unspecified atom stereocenters. The number of aromatic carboxylic acids is 1. The Morgan fingerprint density at radius 1 is 1.37 bits per heavy atom. The lowest BCUT2D eigenvalue weighted by Crippen LogP contribution is -1.92. The second kappa shape index (κ2) is 5.46. The van der Waals surface area contributed by atoms with Crippen molar-refractivity contribution >= 4 is 28.9 Å². The molecule has 2 aromatic rings. The van der Waals surface area contributed by atoms with Crippen LogP contribution in [-0.4, -0.2) is 30.3 Å². The maximum absolute atomic E-state index is 10.8. The number of hydrogen-bond donors (Lipinski definition) is 1. The molecule has 100 valence electrons. The zero-order chi connectivity index (χ0) is 14.0. The molecule has 2 rings (SSSR count). The van der Waals surface area contributed by atoms with Gasteiger partial charge in [-0.2, -0.15) is 0 Å². The van der Waals surface area contributed by atoms with Crippen LogP contribution in [0.25, 0.3) is 10.6 Å². The van der Waals surface area contributed by atoms with Gasteiger partial charge in [-0.25, -0.2) is 9.78 Å². The number of ether oxygens (including phenoxy) is 2. The van der Waals surface area contributed by atoms with E-state index in [0.29, 0.717) is 27.1 Å². The van der Waals surface area contributed by atoms with Crippen LogP contribution >= 0.6 is 22.9 Å². The van der Waals surface area contributed by atoms with Gasteiger partial charge in [-0.05, 0) is 12.1 Å². The molecule has 0 aliphatic heterocycles. The Hall–Kier alpha value is -1.79. The number of carbonyl (C=O) groups is 1. The van der Waals surface area contributed by atoms with Crippen molar-refractivity contribution in [2.45, 2.75) is 0 Å². The molecule has 0 amide bonds. The third-order valence-electron chi connectivity index (χ3n) is 2.40. The van der Waals surface area contributed by atoms with Crippen molar-refractivity contribution in [3.05, 3.63) is 28.2 Å². The van der Waals surface area contributed by atoms with Gasteiger partial charge in [0.15, 0.2) is 11.5 Å². The van der Waals surface area contributed by atoms with Crippen molar-refractivity contribution in [2.24, 2.45) is 0 Å². The highest BCUT2D eigenvalue weighted by molar-refractivity contribution is 7.16. The number of nitrogens with zero attached hydrogens (tertiary/aromatic N) is 1. The number of halogens is 1. The minimum Gasteiger partial charge on any atom is -0.493 e. The van der Waals surface area contributed by atoms with Crippen molar-refractivity contribution in [3.63, 3.8) is 0 Å². The van der Waals surface area contributed by atoms with Crippen LogP contribution in [0.4, 0.5) is 0 Å². The Balaban J connectivity index is 2.50. The Morgan fingerprint density at radius 3 is 2.63 bits per heavy atom. The highest BCUT2D eigenvalue weighted by Crippen LogP contribution is 2.40. The minimum absolute atomic E-state index is 0.168. The van der Waals surface area contributed by atoms with Gasteiger partial charge >= 0.3 is 5.97 Å². The summed E-state index contributed by atoms with van der Waals surface area (Å²) in [4.78, 5) is 15.1. The molecule has 0 radical (unpaired) electrons. The van der Waals surface area contributed by atoms with E-state index in [2.05, 4.69) is 4.98 Å². The quantitative estimate of drug-likeness (QED) is 0.939. The predicted molar refractivity (Wildman–Crippen MR) is 72.6 cm³/mol. The zero-order valence-electron chi connectivity index (χ0n) is 10.1. The van der Waals surface area contributed by atoms with E-state index >= 15 is 0 Å². The highest BCUT2D eigenvalue weighted by atomic mass is 35.5. The second-order valence-electron chi connectivity index (χ2n) is 3.53. The Labute approximate surface area is 118 Å². The number of carboxylic acids is 1. The summed E-state index contributed by atoms with van der Waals surface area (Å²) in [7, 11) is 3.00. The molecule has 0 fully saturated rings. The van der Waals surface area contributed by atoms with Gasteiger partial charge in [0.2, 0.25) is 0 Å². The number of methoxy groups -OCH3 is 2. The van der Waals surface area contributed by atoms with Crippen LogP contribution in [0.1, 0.15) is 9.67 Å². The summed E-state index contributed by atoms with van der Waals surface area (Å²) in [5.74, 6) is -0.102. The topological polar surface area (TPSA) is 68.7 Å². The van der Waals surface area contributed by atoms with E-state index in [9.17, 15) is 4.79 Å². The summed E-state index contributed by atoms with van der Waals surface area (Å²) in [5.41, 5.74) is 0.681. The average Bonchev–Trinajstić information content (AvgIpc) is 2.87. The van der Waals surface area contributed by atoms with E-state index in [1.54, 1.807) is 12.1 Å². The molecular weight excluding hydrogens is 290 g/mol. The molecule has 0 aliphatic carbocycles. The van der Waals surface area contributed by atoms with Gasteiger partial charge < -0.3 is 14.6 Å². The normalized spacial score (nSPS) is 10.3. The summed E-state index contributed by atoms with van der Waals surface area (Å²) in [6, 6.07) is 3.36. The number of aromatic nitrogens is 1. The fourth-order valence-electron chi connectivity index (χ4n) is 1.55. The van der Waals surface area contributed by atoms with Crippen molar-refractivity contribution in [2.75, 3.05) is 14.2 Å². The number of benzene rings is 1. The average molecular weight is 300 g/mol. The molecule has 7 heteroatoms. The lowest BCUT2D eigenvalue weighted by Gasteiger charge is -2.10. The first-order valence-electron chi connectivity index (χ1n) is 5.17. The maximum atomic E-state index is 10.8. The van der Waals surface area contributed by atoms with E-state index in [1.807, 2.05) is 0 Å². The summed E-state index contributed by atoms with van der Waals surface area (Å²) < 4.78 is 10.3. The fourth-order valence-corrected chi connectivity index (χ4v) is 2.58. The van der Waals surface area contributed by atoms with Gasteiger partial charge in [-0.1, -0.05) is 11.6 Å². The van der Waals surface area contributed by atoms with Crippen LogP contribution in [0, 0.1) is 0 Å². The highest BCUT2D eigenvalue weighted by Gasteiger charge is 2.15. The molecule has 0 bridgehead atoms. The predicted octanol–water partition coefficient (Wildman–Crippen LogP) is 3.18. The van der Waals surface area contributed by atoms with E-state index in [0.717, 1.165) is 11.3 Å². The molecule has 0 atom stereocenters. The van der Waals surface area contributed by atoms with Crippen molar-refractivity contribution in [1.82, 2.24) is 4.98 Å². The van der Waals surface area contributed by atoms with Gasteiger partial charge in [-0.15, -0.1) is 11.3 Å². The van der Waals surface area contributed by atoms with Crippen molar-refractivity contribution in [3.8, 4) is 22.1 Å². The van der Waals surface area contributed by atoms with Gasteiger partial charge in [0.05, 0.1) is 25.4 Å². The van der Waals surface area contributed by atoms with Gasteiger partial charge in [0, 0.05) is 5.56 Å². The van der Waals surface area contributed by atoms with E-state index in [4.69, 9.17) is 26.2 Å². The molecule has 1 N–H and O–H groups in total. The van der Waals surface area contributed by atoms with Crippen LogP contribution in [0.2, 0.25) is 5.02 Å². The lowest BCUT2D eigenvalue weighted by molar-refractivity contribution is 0.0702. The van der Waals surface area contributed by atoms with Crippen molar-refractivity contribution < 1.29 is 19.4 Å². The first-order chi connectivity index (χ1) is 9.06. The molecule has 1 aromatic carbocycles. The summed E-state index contributed by atoms with van der Waals surface area (Å²) >= 11 is 7.16. The maximum Gasteiger partial charge on any atom is 0.347 e. The smallest absolute Gasteiger partial charge is 0.347 e.